The fourth-order valence-electron chi connectivity index (χ4n) is 3.82. The molecule has 4 heterocycles. The fraction of sp³-hybridized carbons (Fsp3) is 0.647. The molecule has 1 aliphatic carbocycles. The van der Waals surface area contributed by atoms with Gasteiger partial charge >= 0.3 is 0 Å². The van der Waals surface area contributed by atoms with E-state index >= 15 is 0 Å². The Morgan fingerprint density at radius 1 is 1.10 bits per heavy atom. The summed E-state index contributed by atoms with van der Waals surface area (Å²) in [6, 6.07) is 4.07. The zero-order valence-electron chi connectivity index (χ0n) is 12.5. The number of allylic oxidation sites excluding steroid dienone is 2. The zero-order valence-corrected chi connectivity index (χ0v) is 12.5. The summed E-state index contributed by atoms with van der Waals surface area (Å²) in [5.74, 6) is 1.39. The second kappa shape index (κ2) is 5.76. The van der Waals surface area contributed by atoms with E-state index in [1.807, 2.05) is 6.07 Å². The molecule has 2 bridgehead atoms. The molecule has 0 spiro atoms. The van der Waals surface area contributed by atoms with E-state index < -0.39 is 0 Å². The molecule has 1 aromatic heterocycles. The van der Waals surface area contributed by atoms with Crippen LogP contribution < -0.4 is 4.74 Å². The van der Waals surface area contributed by atoms with Gasteiger partial charge in [-0.25, -0.2) is 0 Å². The van der Waals surface area contributed by atoms with Crippen molar-refractivity contribution in [2.45, 2.75) is 44.6 Å². The number of rotatable bonds is 3. The van der Waals surface area contributed by atoms with Gasteiger partial charge in [0.05, 0.1) is 5.69 Å². The summed E-state index contributed by atoms with van der Waals surface area (Å²) in [7, 11) is 0. The number of aromatic nitrogens is 2. The topological polar surface area (TPSA) is 38.2 Å². The molecule has 0 N–H and O–H groups in total. The van der Waals surface area contributed by atoms with E-state index in [4.69, 9.17) is 4.74 Å². The standard InChI is InChI=1S/C17H23N3O/c1-2-4-13(5-3-1)15-6-7-17(19-18-15)21-16-12-20-10-8-14(16)9-11-20/h4,6-7,14,16H,1-3,5,8-12H2/t16-/m0/s1. The molecule has 0 radical (unpaired) electrons. The Labute approximate surface area is 126 Å². The van der Waals surface area contributed by atoms with E-state index in [1.54, 1.807) is 0 Å². The fourth-order valence-corrected chi connectivity index (χ4v) is 3.82. The highest BCUT2D eigenvalue weighted by Gasteiger charge is 2.35. The van der Waals surface area contributed by atoms with Crippen LogP contribution in [0.3, 0.4) is 0 Å². The number of piperidine rings is 3. The van der Waals surface area contributed by atoms with Crippen LogP contribution >= 0.6 is 0 Å². The van der Waals surface area contributed by atoms with Crippen molar-refractivity contribution in [2.24, 2.45) is 5.92 Å². The van der Waals surface area contributed by atoms with Crippen molar-refractivity contribution in [3.8, 4) is 5.88 Å². The lowest BCUT2D eigenvalue weighted by atomic mass is 9.86. The van der Waals surface area contributed by atoms with Crippen LogP contribution in [0.5, 0.6) is 5.88 Å². The zero-order chi connectivity index (χ0) is 14.1. The Balaban J connectivity index is 1.43. The summed E-state index contributed by atoms with van der Waals surface area (Å²) < 4.78 is 6.10. The summed E-state index contributed by atoms with van der Waals surface area (Å²) in [5, 5.41) is 8.67. The minimum absolute atomic E-state index is 0.307. The van der Waals surface area contributed by atoms with E-state index in [1.165, 1.54) is 50.8 Å². The lowest BCUT2D eigenvalue weighted by Gasteiger charge is -2.44. The van der Waals surface area contributed by atoms with Crippen LogP contribution in [-0.4, -0.2) is 40.8 Å². The SMILES string of the molecule is C1=C(c2ccc(O[C@H]3CN4CCC3CC4)nn2)CCCC1. The van der Waals surface area contributed by atoms with Crippen molar-refractivity contribution in [1.29, 1.82) is 0 Å². The molecule has 1 aromatic rings. The van der Waals surface area contributed by atoms with Crippen molar-refractivity contribution < 1.29 is 4.74 Å². The van der Waals surface area contributed by atoms with Gasteiger partial charge < -0.3 is 4.74 Å². The van der Waals surface area contributed by atoms with Gasteiger partial charge in [0.25, 0.3) is 0 Å². The second-order valence-electron chi connectivity index (χ2n) is 6.53. The molecule has 1 atom stereocenters. The van der Waals surface area contributed by atoms with Gasteiger partial charge in [-0.2, -0.15) is 0 Å². The monoisotopic (exact) mass is 285 g/mol. The van der Waals surface area contributed by atoms with Crippen molar-refractivity contribution in [3.63, 3.8) is 0 Å². The summed E-state index contributed by atoms with van der Waals surface area (Å²) in [6.45, 7) is 3.53. The molecule has 112 valence electrons. The lowest BCUT2D eigenvalue weighted by Crippen LogP contribution is -2.52. The van der Waals surface area contributed by atoms with E-state index in [2.05, 4.69) is 27.2 Å². The van der Waals surface area contributed by atoms with Crippen LogP contribution in [0, 0.1) is 5.92 Å². The molecule has 3 aliphatic heterocycles. The van der Waals surface area contributed by atoms with Gasteiger partial charge in [-0.05, 0) is 69.2 Å². The van der Waals surface area contributed by atoms with E-state index in [-0.39, 0.29) is 0 Å². The van der Waals surface area contributed by atoms with E-state index in [9.17, 15) is 0 Å². The molecule has 0 aromatic carbocycles. The van der Waals surface area contributed by atoms with Crippen molar-refractivity contribution in [1.82, 2.24) is 15.1 Å². The quantitative estimate of drug-likeness (QED) is 0.856. The van der Waals surface area contributed by atoms with Gasteiger partial charge in [-0.3, -0.25) is 4.90 Å². The van der Waals surface area contributed by atoms with Crippen LogP contribution in [0.25, 0.3) is 5.57 Å². The molecular formula is C17H23N3O. The Morgan fingerprint density at radius 2 is 2.00 bits per heavy atom. The first-order chi connectivity index (χ1) is 10.4. The Kier molecular flexibility index (Phi) is 3.63. The minimum Gasteiger partial charge on any atom is -0.472 e. The number of hydrogen-bond donors (Lipinski definition) is 0. The highest BCUT2D eigenvalue weighted by Crippen LogP contribution is 2.30. The number of nitrogens with zero attached hydrogens (tertiary/aromatic N) is 3. The second-order valence-corrected chi connectivity index (χ2v) is 6.53. The van der Waals surface area contributed by atoms with E-state index in [0.717, 1.165) is 18.7 Å². The van der Waals surface area contributed by atoms with Crippen molar-refractivity contribution in [2.75, 3.05) is 19.6 Å². The maximum Gasteiger partial charge on any atom is 0.233 e. The molecule has 4 heteroatoms. The van der Waals surface area contributed by atoms with Gasteiger partial charge in [-0.15, -0.1) is 10.2 Å². The minimum atomic E-state index is 0.307. The van der Waals surface area contributed by atoms with Crippen LogP contribution in [0.15, 0.2) is 18.2 Å². The number of ether oxygens (including phenoxy) is 1. The van der Waals surface area contributed by atoms with E-state index in [0.29, 0.717) is 17.9 Å². The third kappa shape index (κ3) is 2.82. The van der Waals surface area contributed by atoms with Crippen LogP contribution in [0.1, 0.15) is 44.2 Å². The smallest absolute Gasteiger partial charge is 0.233 e. The molecule has 21 heavy (non-hydrogen) atoms. The molecule has 4 aliphatic rings. The largest absolute Gasteiger partial charge is 0.472 e. The average molecular weight is 285 g/mol. The molecule has 0 saturated carbocycles. The highest BCUT2D eigenvalue weighted by molar-refractivity contribution is 5.62. The van der Waals surface area contributed by atoms with Gasteiger partial charge in [-0.1, -0.05) is 6.08 Å². The van der Waals surface area contributed by atoms with Crippen molar-refractivity contribution >= 4 is 5.57 Å². The van der Waals surface area contributed by atoms with Gasteiger partial charge in [0.2, 0.25) is 5.88 Å². The summed E-state index contributed by atoms with van der Waals surface area (Å²) in [4.78, 5) is 2.50. The Bertz CT molecular complexity index is 517. The van der Waals surface area contributed by atoms with Crippen LogP contribution in [-0.2, 0) is 0 Å². The summed E-state index contributed by atoms with van der Waals surface area (Å²) in [5.41, 5.74) is 2.37. The first kappa shape index (κ1) is 13.3. The Hall–Kier alpha value is -1.42. The number of hydrogen-bond acceptors (Lipinski definition) is 4. The third-order valence-corrected chi connectivity index (χ3v) is 5.13. The molecule has 4 nitrogen and oxygen atoms in total. The highest BCUT2D eigenvalue weighted by atomic mass is 16.5. The third-order valence-electron chi connectivity index (χ3n) is 5.13. The Morgan fingerprint density at radius 3 is 2.62 bits per heavy atom. The lowest BCUT2D eigenvalue weighted by molar-refractivity contribution is -0.0104. The molecular weight excluding hydrogens is 262 g/mol. The predicted octanol–water partition coefficient (Wildman–Crippen LogP) is 2.91. The maximum absolute atomic E-state index is 6.10. The number of fused-ring (bicyclic) bond motifs is 3. The average Bonchev–Trinajstić information content (AvgIpc) is 2.57. The van der Waals surface area contributed by atoms with Gasteiger partial charge in [0.15, 0.2) is 0 Å². The molecule has 0 amide bonds. The van der Waals surface area contributed by atoms with Crippen molar-refractivity contribution in [3.05, 3.63) is 23.9 Å². The maximum atomic E-state index is 6.10. The molecule has 3 fully saturated rings. The van der Waals surface area contributed by atoms with Gasteiger partial charge in [0, 0.05) is 12.6 Å². The summed E-state index contributed by atoms with van der Waals surface area (Å²) >= 11 is 0. The van der Waals surface area contributed by atoms with Crippen LogP contribution in [0.2, 0.25) is 0 Å². The van der Waals surface area contributed by atoms with Crippen LogP contribution in [0.4, 0.5) is 0 Å². The normalized spacial score (nSPS) is 31.8. The first-order valence-corrected chi connectivity index (χ1v) is 8.30. The first-order valence-electron chi connectivity index (χ1n) is 8.30. The predicted molar refractivity (Wildman–Crippen MR) is 82.1 cm³/mol. The van der Waals surface area contributed by atoms with Gasteiger partial charge in [0.1, 0.15) is 6.10 Å². The summed E-state index contributed by atoms with van der Waals surface area (Å²) in [6.07, 6.45) is 10.0. The molecule has 0 unspecified atom stereocenters. The molecule has 5 rings (SSSR count). The molecule has 3 saturated heterocycles.